The zero-order valence-electron chi connectivity index (χ0n) is 13.6. The topological polar surface area (TPSA) is 44.7 Å². The van der Waals surface area contributed by atoms with Gasteiger partial charge in [0.25, 0.3) is 0 Å². The fourth-order valence-corrected chi connectivity index (χ4v) is 4.26. The van der Waals surface area contributed by atoms with E-state index in [1.165, 1.54) is 44.0 Å². The highest BCUT2D eigenvalue weighted by atomic mass is 16.1. The van der Waals surface area contributed by atoms with Crippen molar-refractivity contribution < 1.29 is 4.79 Å². The number of hydrogen-bond donors (Lipinski definition) is 1. The number of rotatable bonds is 2. The first-order valence-electron chi connectivity index (χ1n) is 8.98. The summed E-state index contributed by atoms with van der Waals surface area (Å²) in [6, 6.07) is 7.01. The van der Waals surface area contributed by atoms with E-state index in [4.69, 9.17) is 0 Å². The number of piperazine rings is 1. The number of benzene rings is 1. The number of aliphatic imine (C=N–C) groups is 1. The SMILES string of the molecule is O=C1C=Nc2cc(N3CCNC(C4CCCCC4)C3)ccc2C1. The van der Waals surface area contributed by atoms with Crippen molar-refractivity contribution in [2.24, 2.45) is 10.9 Å². The Bertz CT molecular complexity index is 619. The summed E-state index contributed by atoms with van der Waals surface area (Å²) < 4.78 is 0. The predicted octanol–water partition coefficient (Wildman–Crippen LogP) is 2.87. The van der Waals surface area contributed by atoms with Gasteiger partial charge >= 0.3 is 0 Å². The molecule has 2 aliphatic heterocycles. The maximum absolute atomic E-state index is 11.5. The first-order chi connectivity index (χ1) is 11.3. The third-order valence-corrected chi connectivity index (χ3v) is 5.57. The molecule has 0 bridgehead atoms. The number of nitrogens with one attached hydrogen (secondary N) is 1. The van der Waals surface area contributed by atoms with E-state index in [1.807, 2.05) is 0 Å². The van der Waals surface area contributed by atoms with E-state index < -0.39 is 0 Å². The van der Waals surface area contributed by atoms with E-state index in [-0.39, 0.29) is 5.78 Å². The van der Waals surface area contributed by atoms with Crippen molar-refractivity contribution in [2.75, 3.05) is 24.5 Å². The summed E-state index contributed by atoms with van der Waals surface area (Å²) in [6.07, 6.45) is 8.91. The number of carbonyl (C=O) groups excluding carboxylic acids is 1. The van der Waals surface area contributed by atoms with Crippen LogP contribution in [0.3, 0.4) is 0 Å². The van der Waals surface area contributed by atoms with Gasteiger partial charge in [0.1, 0.15) is 0 Å². The molecule has 0 aromatic heterocycles. The van der Waals surface area contributed by atoms with Crippen molar-refractivity contribution in [1.29, 1.82) is 0 Å². The summed E-state index contributed by atoms with van der Waals surface area (Å²) in [5.74, 6) is 0.935. The van der Waals surface area contributed by atoms with Gasteiger partial charge < -0.3 is 10.2 Å². The molecule has 4 rings (SSSR count). The van der Waals surface area contributed by atoms with Gasteiger partial charge in [0.2, 0.25) is 0 Å². The van der Waals surface area contributed by atoms with Gasteiger partial charge in [-0.2, -0.15) is 0 Å². The molecule has 0 radical (unpaired) electrons. The van der Waals surface area contributed by atoms with E-state index in [0.29, 0.717) is 12.5 Å². The Kier molecular flexibility index (Phi) is 4.17. The second-order valence-electron chi connectivity index (χ2n) is 7.12. The van der Waals surface area contributed by atoms with Crippen molar-refractivity contribution in [2.45, 2.75) is 44.6 Å². The molecule has 1 N–H and O–H groups in total. The first kappa shape index (κ1) is 14.9. The molecule has 1 aromatic rings. The largest absolute Gasteiger partial charge is 0.369 e. The highest BCUT2D eigenvalue weighted by Crippen LogP contribution is 2.31. The van der Waals surface area contributed by atoms with Crippen LogP contribution in [0.25, 0.3) is 0 Å². The van der Waals surface area contributed by atoms with Crippen LogP contribution in [0.2, 0.25) is 0 Å². The smallest absolute Gasteiger partial charge is 0.178 e. The second-order valence-corrected chi connectivity index (χ2v) is 7.12. The molecule has 4 nitrogen and oxygen atoms in total. The molecule has 2 fully saturated rings. The lowest BCUT2D eigenvalue weighted by atomic mass is 9.83. The average molecular weight is 311 g/mol. The molecule has 1 atom stereocenters. The zero-order chi connectivity index (χ0) is 15.6. The number of ketones is 1. The summed E-state index contributed by atoms with van der Waals surface area (Å²) in [5.41, 5.74) is 3.27. The fourth-order valence-electron chi connectivity index (χ4n) is 4.26. The van der Waals surface area contributed by atoms with Crippen LogP contribution in [-0.2, 0) is 11.2 Å². The monoisotopic (exact) mass is 311 g/mol. The first-order valence-corrected chi connectivity index (χ1v) is 8.98. The van der Waals surface area contributed by atoms with Gasteiger partial charge in [-0.25, -0.2) is 0 Å². The van der Waals surface area contributed by atoms with Crippen LogP contribution in [-0.4, -0.2) is 37.7 Å². The predicted molar refractivity (Wildman–Crippen MR) is 93.9 cm³/mol. The molecule has 23 heavy (non-hydrogen) atoms. The molecule has 1 aromatic carbocycles. The van der Waals surface area contributed by atoms with Crippen molar-refractivity contribution >= 4 is 23.4 Å². The van der Waals surface area contributed by atoms with Crippen LogP contribution in [0.4, 0.5) is 11.4 Å². The third-order valence-electron chi connectivity index (χ3n) is 5.57. The van der Waals surface area contributed by atoms with Crippen LogP contribution in [0.5, 0.6) is 0 Å². The molecule has 1 saturated heterocycles. The van der Waals surface area contributed by atoms with Crippen molar-refractivity contribution in [3.05, 3.63) is 23.8 Å². The van der Waals surface area contributed by atoms with Crippen molar-refractivity contribution in [1.82, 2.24) is 5.32 Å². The number of nitrogens with zero attached hydrogens (tertiary/aromatic N) is 2. The van der Waals surface area contributed by atoms with Crippen LogP contribution in [0.15, 0.2) is 23.2 Å². The highest BCUT2D eigenvalue weighted by Gasteiger charge is 2.28. The maximum Gasteiger partial charge on any atom is 0.178 e. The minimum atomic E-state index is 0.102. The van der Waals surface area contributed by atoms with E-state index in [9.17, 15) is 4.79 Å². The molecule has 2 heterocycles. The third kappa shape index (κ3) is 3.18. The van der Waals surface area contributed by atoms with Crippen molar-refractivity contribution in [3.63, 3.8) is 0 Å². The van der Waals surface area contributed by atoms with Gasteiger partial charge in [-0.1, -0.05) is 25.3 Å². The molecule has 0 amide bonds. The second kappa shape index (κ2) is 6.44. The number of anilines is 1. The summed E-state index contributed by atoms with van der Waals surface area (Å²) in [5, 5.41) is 3.74. The molecular weight excluding hydrogens is 286 g/mol. The average Bonchev–Trinajstić information content (AvgIpc) is 2.62. The summed E-state index contributed by atoms with van der Waals surface area (Å²) in [7, 11) is 0. The van der Waals surface area contributed by atoms with Gasteiger partial charge in [-0.05, 0) is 36.5 Å². The number of fused-ring (bicyclic) bond motifs is 1. The Morgan fingerprint density at radius 3 is 2.91 bits per heavy atom. The van der Waals surface area contributed by atoms with Gasteiger partial charge in [-0.15, -0.1) is 0 Å². The normalized spacial score (nSPS) is 25.5. The number of hydrogen-bond acceptors (Lipinski definition) is 4. The Morgan fingerprint density at radius 2 is 2.04 bits per heavy atom. The lowest BCUT2D eigenvalue weighted by Crippen LogP contribution is -2.54. The fraction of sp³-hybridized carbons (Fsp3) is 0.579. The van der Waals surface area contributed by atoms with Crippen LogP contribution in [0, 0.1) is 5.92 Å². The minimum Gasteiger partial charge on any atom is -0.369 e. The Balaban J connectivity index is 1.49. The summed E-state index contributed by atoms with van der Waals surface area (Å²) in [6.45, 7) is 3.19. The Morgan fingerprint density at radius 1 is 1.17 bits per heavy atom. The standard InChI is InChI=1S/C19H25N3O/c23-17-10-15-6-7-16(11-18(15)21-12-17)22-9-8-20-19(13-22)14-4-2-1-3-5-14/h6-7,11-12,14,19-20H,1-5,8-10,13H2. The lowest BCUT2D eigenvalue weighted by Gasteiger charge is -2.40. The molecule has 122 valence electrons. The lowest BCUT2D eigenvalue weighted by molar-refractivity contribution is -0.112. The molecule has 1 saturated carbocycles. The van der Waals surface area contributed by atoms with E-state index >= 15 is 0 Å². The van der Waals surface area contributed by atoms with E-state index in [2.05, 4.69) is 33.4 Å². The van der Waals surface area contributed by atoms with Gasteiger partial charge in [0.05, 0.1) is 11.9 Å². The molecule has 3 aliphatic rings. The molecule has 0 spiro atoms. The molecule has 1 unspecified atom stereocenters. The van der Waals surface area contributed by atoms with Gasteiger partial charge in [0.15, 0.2) is 5.78 Å². The van der Waals surface area contributed by atoms with E-state index in [1.54, 1.807) is 0 Å². The van der Waals surface area contributed by atoms with Crippen LogP contribution >= 0.6 is 0 Å². The minimum absolute atomic E-state index is 0.102. The maximum atomic E-state index is 11.5. The van der Waals surface area contributed by atoms with Crippen LogP contribution < -0.4 is 10.2 Å². The number of Topliss-reactive ketones (excluding diaryl/α,β-unsaturated/α-hetero) is 1. The quantitative estimate of drug-likeness (QED) is 0.913. The van der Waals surface area contributed by atoms with Crippen molar-refractivity contribution in [3.8, 4) is 0 Å². The highest BCUT2D eigenvalue weighted by molar-refractivity contribution is 6.29. The molecule has 1 aliphatic carbocycles. The van der Waals surface area contributed by atoms with E-state index in [0.717, 1.165) is 36.8 Å². The van der Waals surface area contributed by atoms with Gasteiger partial charge in [0, 0.05) is 37.8 Å². The van der Waals surface area contributed by atoms with Crippen LogP contribution in [0.1, 0.15) is 37.7 Å². The molecule has 4 heteroatoms. The summed E-state index contributed by atoms with van der Waals surface area (Å²) in [4.78, 5) is 18.3. The number of carbonyl (C=O) groups is 1. The summed E-state index contributed by atoms with van der Waals surface area (Å²) >= 11 is 0. The Labute approximate surface area is 138 Å². The van der Waals surface area contributed by atoms with Gasteiger partial charge in [-0.3, -0.25) is 9.79 Å². The zero-order valence-corrected chi connectivity index (χ0v) is 13.6. The Hall–Kier alpha value is -1.68. The molecular formula is C19H25N3O.